The predicted octanol–water partition coefficient (Wildman–Crippen LogP) is 1.65. The molecule has 3 rings (SSSR count). The normalized spacial score (nSPS) is 15.1. The summed E-state index contributed by atoms with van der Waals surface area (Å²) in [5.41, 5.74) is -0.200. The predicted molar refractivity (Wildman–Crippen MR) is 100 cm³/mol. The molecular weight excluding hydrogens is 405 g/mol. The fourth-order valence-electron chi connectivity index (χ4n) is 2.86. The van der Waals surface area contributed by atoms with Gasteiger partial charge in [0.05, 0.1) is 9.82 Å². The van der Waals surface area contributed by atoms with Crippen LogP contribution < -0.4 is 4.74 Å². The van der Waals surface area contributed by atoms with Crippen molar-refractivity contribution >= 4 is 21.6 Å². The van der Waals surface area contributed by atoms with Crippen molar-refractivity contribution in [2.45, 2.75) is 4.90 Å². The summed E-state index contributed by atoms with van der Waals surface area (Å²) >= 11 is 0. The molecule has 1 amide bonds. The van der Waals surface area contributed by atoms with Crippen LogP contribution in [0.3, 0.4) is 0 Å². The lowest BCUT2D eigenvalue weighted by atomic mass is 10.3. The molecule has 0 aliphatic carbocycles. The molecule has 1 aliphatic heterocycles. The average Bonchev–Trinajstić information content (AvgIpc) is 2.73. The van der Waals surface area contributed by atoms with E-state index in [1.807, 2.05) is 0 Å². The van der Waals surface area contributed by atoms with Crippen LogP contribution in [0.1, 0.15) is 0 Å². The topological polar surface area (TPSA) is 110 Å². The molecule has 1 fully saturated rings. The van der Waals surface area contributed by atoms with Crippen LogP contribution in [-0.4, -0.2) is 61.2 Å². The Labute approximate surface area is 166 Å². The molecule has 9 nitrogen and oxygen atoms in total. The van der Waals surface area contributed by atoms with Crippen molar-refractivity contribution in [2.24, 2.45) is 0 Å². The molecule has 0 bridgehead atoms. The summed E-state index contributed by atoms with van der Waals surface area (Å²) in [4.78, 5) is 23.8. The van der Waals surface area contributed by atoms with E-state index in [9.17, 15) is 27.7 Å². The lowest BCUT2D eigenvalue weighted by molar-refractivity contribution is -0.384. The average molecular weight is 423 g/mol. The Morgan fingerprint density at radius 2 is 1.69 bits per heavy atom. The van der Waals surface area contributed by atoms with E-state index in [0.717, 1.165) is 12.1 Å². The number of carbonyl (C=O) groups is 1. The summed E-state index contributed by atoms with van der Waals surface area (Å²) in [7, 11) is -3.82. The first kappa shape index (κ1) is 20.7. The van der Waals surface area contributed by atoms with E-state index in [2.05, 4.69) is 0 Å². The number of hydrogen-bond acceptors (Lipinski definition) is 6. The van der Waals surface area contributed by atoms with Crippen molar-refractivity contribution in [2.75, 3.05) is 32.8 Å². The first-order valence-electron chi connectivity index (χ1n) is 8.69. The quantitative estimate of drug-likeness (QED) is 0.516. The van der Waals surface area contributed by atoms with E-state index in [0.29, 0.717) is 0 Å². The molecule has 1 saturated heterocycles. The smallest absolute Gasteiger partial charge is 0.269 e. The van der Waals surface area contributed by atoms with Gasteiger partial charge in [0, 0.05) is 38.3 Å². The second-order valence-electron chi connectivity index (χ2n) is 6.25. The number of ether oxygens (including phenoxy) is 1. The summed E-state index contributed by atoms with van der Waals surface area (Å²) in [6.07, 6.45) is 0. The molecule has 0 atom stereocenters. The number of carbonyl (C=O) groups excluding carboxylic acids is 1. The van der Waals surface area contributed by atoms with Gasteiger partial charge in [-0.05, 0) is 24.3 Å². The van der Waals surface area contributed by atoms with Crippen molar-refractivity contribution < 1.29 is 27.3 Å². The van der Waals surface area contributed by atoms with Crippen LogP contribution in [0.25, 0.3) is 0 Å². The Balaban J connectivity index is 1.57. The van der Waals surface area contributed by atoms with Crippen LogP contribution >= 0.6 is 0 Å². The zero-order valence-corrected chi connectivity index (χ0v) is 16.0. The van der Waals surface area contributed by atoms with Gasteiger partial charge >= 0.3 is 0 Å². The van der Waals surface area contributed by atoms with Gasteiger partial charge in [-0.3, -0.25) is 14.9 Å². The second-order valence-corrected chi connectivity index (χ2v) is 8.19. The van der Waals surface area contributed by atoms with Gasteiger partial charge in [-0.1, -0.05) is 12.1 Å². The number of amides is 1. The highest BCUT2D eigenvalue weighted by Crippen LogP contribution is 2.21. The Kier molecular flexibility index (Phi) is 6.09. The van der Waals surface area contributed by atoms with Gasteiger partial charge in [0.1, 0.15) is 0 Å². The number of sulfonamides is 1. The molecule has 29 heavy (non-hydrogen) atoms. The third-order valence-electron chi connectivity index (χ3n) is 4.46. The van der Waals surface area contributed by atoms with Gasteiger partial charge < -0.3 is 9.64 Å². The van der Waals surface area contributed by atoms with Gasteiger partial charge in [0.25, 0.3) is 11.6 Å². The van der Waals surface area contributed by atoms with Gasteiger partial charge in [-0.2, -0.15) is 4.31 Å². The Morgan fingerprint density at radius 3 is 2.28 bits per heavy atom. The van der Waals surface area contributed by atoms with Crippen molar-refractivity contribution in [1.82, 2.24) is 9.21 Å². The van der Waals surface area contributed by atoms with Gasteiger partial charge in [-0.15, -0.1) is 0 Å². The highest BCUT2D eigenvalue weighted by Gasteiger charge is 2.30. The third kappa shape index (κ3) is 4.69. The molecule has 0 aromatic heterocycles. The fraction of sp³-hybridized carbons (Fsp3) is 0.278. The molecular formula is C18H18FN3O6S. The highest BCUT2D eigenvalue weighted by atomic mass is 32.2. The number of benzene rings is 2. The molecule has 1 heterocycles. The summed E-state index contributed by atoms with van der Waals surface area (Å²) in [6.45, 7) is 0.114. The first-order chi connectivity index (χ1) is 13.8. The van der Waals surface area contributed by atoms with E-state index in [1.165, 1.54) is 39.5 Å². The molecule has 2 aromatic rings. The Bertz CT molecular complexity index is 1000. The van der Waals surface area contributed by atoms with E-state index in [1.54, 1.807) is 6.07 Å². The van der Waals surface area contributed by atoms with Crippen molar-refractivity contribution in [3.8, 4) is 5.75 Å². The highest BCUT2D eigenvalue weighted by molar-refractivity contribution is 7.89. The Morgan fingerprint density at radius 1 is 1.07 bits per heavy atom. The number of nitro benzene ring substituents is 1. The summed E-state index contributed by atoms with van der Waals surface area (Å²) in [6, 6.07) is 10.4. The van der Waals surface area contributed by atoms with Crippen molar-refractivity contribution in [3.63, 3.8) is 0 Å². The number of piperazine rings is 1. The number of hydrogen-bond donors (Lipinski definition) is 0. The van der Waals surface area contributed by atoms with Gasteiger partial charge in [0.2, 0.25) is 10.0 Å². The largest absolute Gasteiger partial charge is 0.481 e. The van der Waals surface area contributed by atoms with E-state index >= 15 is 0 Å². The van der Waals surface area contributed by atoms with Crippen LogP contribution in [0.2, 0.25) is 0 Å². The van der Waals surface area contributed by atoms with E-state index < -0.39 is 20.8 Å². The minimum absolute atomic E-state index is 0.0276. The van der Waals surface area contributed by atoms with E-state index in [4.69, 9.17) is 4.74 Å². The number of non-ortho nitro benzene ring substituents is 1. The third-order valence-corrected chi connectivity index (χ3v) is 6.38. The number of rotatable bonds is 6. The fourth-order valence-corrected chi connectivity index (χ4v) is 4.28. The summed E-state index contributed by atoms with van der Waals surface area (Å²) in [5.74, 6) is -0.972. The summed E-state index contributed by atoms with van der Waals surface area (Å²) < 4.78 is 45.3. The van der Waals surface area contributed by atoms with Crippen LogP contribution in [-0.2, 0) is 14.8 Å². The van der Waals surface area contributed by atoms with Crippen molar-refractivity contribution in [1.29, 1.82) is 0 Å². The number of nitro groups is 1. The monoisotopic (exact) mass is 423 g/mol. The summed E-state index contributed by atoms with van der Waals surface area (Å²) in [5, 5.41) is 10.7. The standard InChI is InChI=1S/C18H18FN3O6S/c19-16-3-1-2-4-17(16)28-13-18(23)20-9-11-21(12-10-20)29(26,27)15-7-5-14(6-8-15)22(24)25/h1-8H,9-13H2. The maximum atomic E-state index is 13.5. The van der Waals surface area contributed by atoms with Gasteiger partial charge in [0.15, 0.2) is 18.2 Å². The molecule has 0 N–H and O–H groups in total. The van der Waals surface area contributed by atoms with Crippen LogP contribution in [0.15, 0.2) is 53.4 Å². The van der Waals surface area contributed by atoms with Crippen LogP contribution in [0.5, 0.6) is 5.75 Å². The zero-order valence-electron chi connectivity index (χ0n) is 15.2. The van der Waals surface area contributed by atoms with Gasteiger partial charge in [-0.25, -0.2) is 12.8 Å². The van der Waals surface area contributed by atoms with Crippen LogP contribution in [0, 0.1) is 15.9 Å². The molecule has 0 unspecified atom stereocenters. The van der Waals surface area contributed by atoms with Crippen molar-refractivity contribution in [3.05, 3.63) is 64.5 Å². The molecule has 11 heteroatoms. The molecule has 1 aliphatic rings. The Hall–Kier alpha value is -3.05. The minimum atomic E-state index is -3.82. The first-order valence-corrected chi connectivity index (χ1v) is 10.1. The lowest BCUT2D eigenvalue weighted by Gasteiger charge is -2.33. The molecule has 2 aromatic carbocycles. The second kappa shape index (κ2) is 8.53. The SMILES string of the molecule is O=C(COc1ccccc1F)N1CCN(S(=O)(=O)c2ccc([N+](=O)[O-])cc2)CC1. The number of para-hydroxylation sites is 1. The molecule has 154 valence electrons. The molecule has 0 saturated carbocycles. The number of halogens is 1. The van der Waals surface area contributed by atoms with Crippen LogP contribution in [0.4, 0.5) is 10.1 Å². The maximum Gasteiger partial charge on any atom is 0.269 e. The lowest BCUT2D eigenvalue weighted by Crippen LogP contribution is -2.51. The number of nitrogens with zero attached hydrogens (tertiary/aromatic N) is 3. The van der Waals surface area contributed by atoms with E-state index in [-0.39, 0.29) is 55.0 Å². The molecule has 0 radical (unpaired) electrons. The zero-order chi connectivity index (χ0) is 21.0. The molecule has 0 spiro atoms. The minimum Gasteiger partial charge on any atom is -0.481 e. The maximum absolute atomic E-state index is 13.5.